The van der Waals surface area contributed by atoms with Gasteiger partial charge in [-0.25, -0.2) is 9.97 Å². The third kappa shape index (κ3) is 3.57. The normalized spacial score (nSPS) is 19.9. The van der Waals surface area contributed by atoms with Crippen LogP contribution in [0.3, 0.4) is 0 Å². The molecule has 0 radical (unpaired) electrons. The molecule has 2 N–H and O–H groups in total. The van der Waals surface area contributed by atoms with Crippen molar-refractivity contribution in [2.45, 2.75) is 38.7 Å². The Labute approximate surface area is 108 Å². The molecule has 18 heavy (non-hydrogen) atoms. The number of nitrogens with zero attached hydrogens (tertiary/aromatic N) is 3. The maximum absolute atomic E-state index is 9.68. The summed E-state index contributed by atoms with van der Waals surface area (Å²) in [6, 6.07) is 1.97. The molecule has 0 saturated carbocycles. The summed E-state index contributed by atoms with van der Waals surface area (Å²) in [6.45, 7) is 4.74. The van der Waals surface area contributed by atoms with E-state index >= 15 is 0 Å². The molecule has 100 valence electrons. The van der Waals surface area contributed by atoms with Gasteiger partial charge in [-0.3, -0.25) is 0 Å². The molecule has 1 aromatic rings. The first-order chi connectivity index (χ1) is 8.79. The molecular formula is C13H22N4O. The maximum Gasteiger partial charge on any atom is 0.134 e. The van der Waals surface area contributed by atoms with Crippen molar-refractivity contribution in [2.24, 2.45) is 0 Å². The zero-order valence-electron chi connectivity index (χ0n) is 11.0. The van der Waals surface area contributed by atoms with E-state index < -0.39 is 0 Å². The minimum absolute atomic E-state index is 0.231. The average molecular weight is 250 g/mol. The van der Waals surface area contributed by atoms with Gasteiger partial charge in [0.25, 0.3) is 0 Å². The van der Waals surface area contributed by atoms with Crippen LogP contribution in [-0.2, 0) is 0 Å². The van der Waals surface area contributed by atoms with E-state index in [4.69, 9.17) is 0 Å². The summed E-state index contributed by atoms with van der Waals surface area (Å²) in [7, 11) is 0. The summed E-state index contributed by atoms with van der Waals surface area (Å²) in [5.41, 5.74) is 0. The molecular weight excluding hydrogens is 228 g/mol. The Hall–Kier alpha value is -1.36. The number of rotatable bonds is 5. The predicted molar refractivity (Wildman–Crippen MR) is 72.9 cm³/mol. The monoisotopic (exact) mass is 250 g/mol. The van der Waals surface area contributed by atoms with Crippen molar-refractivity contribution in [1.82, 2.24) is 9.97 Å². The Balaban J connectivity index is 1.97. The van der Waals surface area contributed by atoms with Gasteiger partial charge in [0.05, 0.1) is 6.10 Å². The highest BCUT2D eigenvalue weighted by atomic mass is 16.3. The van der Waals surface area contributed by atoms with E-state index in [0.717, 1.165) is 44.0 Å². The number of piperidine rings is 1. The zero-order valence-corrected chi connectivity index (χ0v) is 11.0. The van der Waals surface area contributed by atoms with Crippen LogP contribution in [0.2, 0.25) is 0 Å². The molecule has 1 aromatic heterocycles. The molecule has 5 heteroatoms. The number of aliphatic hydroxyl groups excluding tert-OH is 1. The molecule has 1 saturated heterocycles. The van der Waals surface area contributed by atoms with Gasteiger partial charge in [0.1, 0.15) is 18.0 Å². The van der Waals surface area contributed by atoms with E-state index in [1.165, 1.54) is 6.42 Å². The van der Waals surface area contributed by atoms with Gasteiger partial charge < -0.3 is 15.3 Å². The fraction of sp³-hybridized carbons (Fsp3) is 0.692. The van der Waals surface area contributed by atoms with Gasteiger partial charge in [0, 0.05) is 25.7 Å². The SMILES string of the molecule is CCCCNc1cc(N2CCCC(O)C2)ncn1. The number of anilines is 2. The molecule has 0 bridgehead atoms. The van der Waals surface area contributed by atoms with E-state index in [1.807, 2.05) is 6.07 Å². The minimum Gasteiger partial charge on any atom is -0.391 e. The molecule has 1 unspecified atom stereocenters. The summed E-state index contributed by atoms with van der Waals surface area (Å²) in [5, 5.41) is 13.0. The first-order valence-electron chi connectivity index (χ1n) is 6.78. The van der Waals surface area contributed by atoms with E-state index in [2.05, 4.69) is 27.1 Å². The topological polar surface area (TPSA) is 61.3 Å². The molecule has 0 spiro atoms. The minimum atomic E-state index is -0.231. The molecule has 1 fully saturated rings. The smallest absolute Gasteiger partial charge is 0.134 e. The third-order valence-corrected chi connectivity index (χ3v) is 3.21. The predicted octanol–water partition coefficient (Wildman–Crippen LogP) is 1.65. The standard InChI is InChI=1S/C13H22N4O/c1-2-3-6-14-12-8-13(16-10-15-12)17-7-4-5-11(18)9-17/h8,10-11,18H,2-7,9H2,1H3,(H,14,15,16). The van der Waals surface area contributed by atoms with Crippen molar-refractivity contribution in [3.63, 3.8) is 0 Å². The fourth-order valence-corrected chi connectivity index (χ4v) is 2.17. The van der Waals surface area contributed by atoms with Gasteiger partial charge >= 0.3 is 0 Å². The van der Waals surface area contributed by atoms with E-state index in [-0.39, 0.29) is 6.10 Å². The molecule has 1 aliphatic heterocycles. The Morgan fingerprint density at radius 3 is 3.17 bits per heavy atom. The lowest BCUT2D eigenvalue weighted by Crippen LogP contribution is -2.38. The lowest BCUT2D eigenvalue weighted by Gasteiger charge is -2.31. The highest BCUT2D eigenvalue weighted by molar-refractivity contribution is 5.48. The Morgan fingerprint density at radius 2 is 2.39 bits per heavy atom. The Kier molecular flexibility index (Phi) is 4.75. The van der Waals surface area contributed by atoms with Crippen molar-refractivity contribution >= 4 is 11.6 Å². The second-order valence-corrected chi connectivity index (χ2v) is 4.78. The van der Waals surface area contributed by atoms with Crippen LogP contribution >= 0.6 is 0 Å². The molecule has 1 aliphatic rings. The van der Waals surface area contributed by atoms with E-state index in [1.54, 1.807) is 6.33 Å². The number of unbranched alkanes of at least 4 members (excludes halogenated alkanes) is 1. The highest BCUT2D eigenvalue weighted by Gasteiger charge is 2.18. The van der Waals surface area contributed by atoms with Crippen LogP contribution in [0.25, 0.3) is 0 Å². The van der Waals surface area contributed by atoms with Gasteiger partial charge in [-0.05, 0) is 19.3 Å². The molecule has 2 rings (SSSR count). The summed E-state index contributed by atoms with van der Waals surface area (Å²) in [4.78, 5) is 10.6. The van der Waals surface area contributed by atoms with Crippen molar-refractivity contribution in [1.29, 1.82) is 0 Å². The van der Waals surface area contributed by atoms with Crippen LogP contribution in [0.4, 0.5) is 11.6 Å². The fourth-order valence-electron chi connectivity index (χ4n) is 2.17. The summed E-state index contributed by atoms with van der Waals surface area (Å²) < 4.78 is 0. The second-order valence-electron chi connectivity index (χ2n) is 4.78. The first kappa shape index (κ1) is 13.1. The van der Waals surface area contributed by atoms with Crippen molar-refractivity contribution in [3.8, 4) is 0 Å². The maximum atomic E-state index is 9.68. The van der Waals surface area contributed by atoms with Gasteiger partial charge in [-0.15, -0.1) is 0 Å². The number of nitrogens with one attached hydrogen (secondary N) is 1. The molecule has 5 nitrogen and oxygen atoms in total. The third-order valence-electron chi connectivity index (χ3n) is 3.21. The number of aliphatic hydroxyl groups is 1. The summed E-state index contributed by atoms with van der Waals surface area (Å²) in [6.07, 6.45) is 5.58. The number of hydrogen-bond acceptors (Lipinski definition) is 5. The quantitative estimate of drug-likeness (QED) is 0.778. The number of hydrogen-bond donors (Lipinski definition) is 2. The summed E-state index contributed by atoms with van der Waals surface area (Å²) >= 11 is 0. The van der Waals surface area contributed by atoms with Gasteiger partial charge in [-0.1, -0.05) is 13.3 Å². The molecule has 0 amide bonds. The van der Waals surface area contributed by atoms with Gasteiger partial charge in [-0.2, -0.15) is 0 Å². The van der Waals surface area contributed by atoms with Crippen molar-refractivity contribution < 1.29 is 5.11 Å². The Bertz CT molecular complexity index is 372. The lowest BCUT2D eigenvalue weighted by atomic mass is 10.1. The molecule has 0 aromatic carbocycles. The molecule has 0 aliphatic carbocycles. The van der Waals surface area contributed by atoms with Crippen LogP contribution in [0.5, 0.6) is 0 Å². The van der Waals surface area contributed by atoms with Crippen LogP contribution in [0.1, 0.15) is 32.6 Å². The van der Waals surface area contributed by atoms with Crippen LogP contribution in [-0.4, -0.2) is 40.8 Å². The Morgan fingerprint density at radius 1 is 1.50 bits per heavy atom. The van der Waals surface area contributed by atoms with Crippen LogP contribution in [0, 0.1) is 0 Å². The molecule has 2 heterocycles. The zero-order chi connectivity index (χ0) is 12.8. The first-order valence-corrected chi connectivity index (χ1v) is 6.78. The van der Waals surface area contributed by atoms with Gasteiger partial charge in [0.2, 0.25) is 0 Å². The van der Waals surface area contributed by atoms with Crippen LogP contribution < -0.4 is 10.2 Å². The van der Waals surface area contributed by atoms with Gasteiger partial charge in [0.15, 0.2) is 0 Å². The van der Waals surface area contributed by atoms with Crippen molar-refractivity contribution in [2.75, 3.05) is 29.9 Å². The lowest BCUT2D eigenvalue weighted by molar-refractivity contribution is 0.154. The summed E-state index contributed by atoms with van der Waals surface area (Å²) in [5.74, 6) is 1.77. The van der Waals surface area contributed by atoms with E-state index in [0.29, 0.717) is 6.54 Å². The number of β-amino-alcohol motifs (C(OH)–C–C–N with tert-alkyl or cyclic N) is 1. The average Bonchev–Trinajstić information content (AvgIpc) is 2.39. The second kappa shape index (κ2) is 6.54. The highest BCUT2D eigenvalue weighted by Crippen LogP contribution is 2.19. The van der Waals surface area contributed by atoms with Crippen molar-refractivity contribution in [3.05, 3.63) is 12.4 Å². The van der Waals surface area contributed by atoms with E-state index in [9.17, 15) is 5.11 Å². The van der Waals surface area contributed by atoms with Crippen LogP contribution in [0.15, 0.2) is 12.4 Å². The number of aromatic nitrogens is 2. The largest absolute Gasteiger partial charge is 0.391 e. The molecule has 1 atom stereocenters.